The molecule has 1 heterocycles. The van der Waals surface area contributed by atoms with E-state index in [0.717, 1.165) is 11.1 Å². The van der Waals surface area contributed by atoms with Gasteiger partial charge in [0, 0.05) is 20.5 Å². The van der Waals surface area contributed by atoms with Crippen molar-refractivity contribution < 1.29 is 29.3 Å². The highest BCUT2D eigenvalue weighted by Gasteiger charge is 2.24. The van der Waals surface area contributed by atoms with E-state index in [1.807, 2.05) is 13.8 Å². The lowest BCUT2D eigenvalue weighted by molar-refractivity contribution is -0.142. The van der Waals surface area contributed by atoms with Gasteiger partial charge in [0.05, 0.1) is 36.4 Å². The molecule has 0 aliphatic rings. The van der Waals surface area contributed by atoms with E-state index in [0.29, 0.717) is 11.0 Å². The van der Waals surface area contributed by atoms with E-state index >= 15 is 0 Å². The molecule has 0 aliphatic heterocycles. The van der Waals surface area contributed by atoms with Crippen LogP contribution in [0.5, 0.6) is 0 Å². The lowest BCUT2D eigenvalue weighted by atomic mass is 10.1. The highest BCUT2D eigenvalue weighted by molar-refractivity contribution is 5.88. The summed E-state index contributed by atoms with van der Waals surface area (Å²) in [4.78, 5) is 39.0. The van der Waals surface area contributed by atoms with Crippen LogP contribution in [0.4, 0.5) is 0 Å². The van der Waals surface area contributed by atoms with Crippen molar-refractivity contribution in [1.29, 1.82) is 0 Å². The molecule has 28 heavy (non-hydrogen) atoms. The molecule has 0 radical (unpaired) electrons. The zero-order valence-corrected chi connectivity index (χ0v) is 16.3. The van der Waals surface area contributed by atoms with Crippen LogP contribution in [0.2, 0.25) is 0 Å². The Labute approximate surface area is 161 Å². The number of aromatic carboxylic acids is 1. The third-order valence-corrected chi connectivity index (χ3v) is 4.57. The number of carboxylic acids is 1. The fourth-order valence-corrected chi connectivity index (χ4v) is 2.91. The number of carbonyl (C=O) groups excluding carboxylic acids is 1. The van der Waals surface area contributed by atoms with Gasteiger partial charge >= 0.3 is 11.9 Å². The third-order valence-electron chi connectivity index (χ3n) is 4.57. The van der Waals surface area contributed by atoms with Crippen molar-refractivity contribution >= 4 is 23.0 Å². The number of methoxy groups -OCH3 is 1. The van der Waals surface area contributed by atoms with Gasteiger partial charge in [0.1, 0.15) is 0 Å². The second kappa shape index (κ2) is 8.94. The summed E-state index contributed by atoms with van der Waals surface area (Å²) in [6.07, 6.45) is -1.62. The Bertz CT molecular complexity index is 951. The van der Waals surface area contributed by atoms with Crippen molar-refractivity contribution in [2.24, 2.45) is 0 Å². The molecular weight excluding hydrogens is 368 g/mol. The van der Waals surface area contributed by atoms with Crippen LogP contribution in [0, 0.1) is 13.8 Å². The number of aromatic nitrogens is 2. The van der Waals surface area contributed by atoms with Crippen LogP contribution in [0.1, 0.15) is 35.0 Å². The first-order valence-corrected chi connectivity index (χ1v) is 8.75. The number of carbonyl (C=O) groups is 2. The standard InChI is InChI=1S/C19H24N2O7/c1-10-7-13-14(8-11(10)2)21(18(24)17(20-13)19(25)26)9-15(23)16(27-4)5-6-28-12(3)22/h7-8,15-16,23H,5-6,9H2,1-4H3,(H,25,26)/t15-,16+/m0/s1. The number of esters is 1. The Morgan fingerprint density at radius 3 is 2.46 bits per heavy atom. The Morgan fingerprint density at radius 1 is 1.25 bits per heavy atom. The van der Waals surface area contributed by atoms with E-state index in [4.69, 9.17) is 9.47 Å². The first kappa shape index (κ1) is 21.5. The van der Waals surface area contributed by atoms with E-state index in [9.17, 15) is 24.6 Å². The molecule has 0 saturated carbocycles. The van der Waals surface area contributed by atoms with Gasteiger partial charge in [-0.1, -0.05) is 0 Å². The maximum atomic E-state index is 12.7. The third kappa shape index (κ3) is 4.73. The summed E-state index contributed by atoms with van der Waals surface area (Å²) < 4.78 is 11.3. The number of ether oxygens (including phenoxy) is 2. The molecule has 2 atom stereocenters. The SMILES string of the molecule is CO[C@H](CCOC(C)=O)[C@@H](O)Cn1c(=O)c(C(=O)O)nc2cc(C)c(C)cc21. The van der Waals surface area contributed by atoms with Gasteiger partial charge in [-0.3, -0.25) is 9.59 Å². The second-order valence-corrected chi connectivity index (χ2v) is 6.58. The van der Waals surface area contributed by atoms with Gasteiger partial charge < -0.3 is 24.3 Å². The molecule has 0 aliphatic carbocycles. The van der Waals surface area contributed by atoms with Crippen molar-refractivity contribution in [2.75, 3.05) is 13.7 Å². The Balaban J connectivity index is 2.45. The molecule has 2 N–H and O–H groups in total. The monoisotopic (exact) mass is 392 g/mol. The number of fused-ring (bicyclic) bond motifs is 1. The van der Waals surface area contributed by atoms with E-state index in [-0.39, 0.29) is 19.6 Å². The number of aryl methyl sites for hydroxylation is 2. The molecule has 0 fully saturated rings. The summed E-state index contributed by atoms with van der Waals surface area (Å²) in [6.45, 7) is 4.85. The van der Waals surface area contributed by atoms with Gasteiger partial charge in [0.2, 0.25) is 5.69 Å². The minimum Gasteiger partial charge on any atom is -0.476 e. The summed E-state index contributed by atoms with van der Waals surface area (Å²) in [5.41, 5.74) is 1.15. The maximum absolute atomic E-state index is 12.7. The van der Waals surface area contributed by atoms with E-state index < -0.39 is 35.4 Å². The molecular formula is C19H24N2O7. The highest BCUT2D eigenvalue weighted by atomic mass is 16.5. The zero-order chi connectivity index (χ0) is 21.0. The number of rotatable bonds is 8. The molecule has 0 spiro atoms. The van der Waals surface area contributed by atoms with Gasteiger partial charge in [-0.2, -0.15) is 0 Å². The van der Waals surface area contributed by atoms with Gasteiger partial charge in [-0.15, -0.1) is 0 Å². The molecule has 2 aromatic rings. The topological polar surface area (TPSA) is 128 Å². The van der Waals surface area contributed by atoms with Crippen LogP contribution in [0.25, 0.3) is 11.0 Å². The van der Waals surface area contributed by atoms with Crippen molar-refractivity contribution in [3.05, 3.63) is 39.3 Å². The Morgan fingerprint density at radius 2 is 1.89 bits per heavy atom. The van der Waals surface area contributed by atoms with Gasteiger partial charge in [-0.25, -0.2) is 9.78 Å². The fourth-order valence-electron chi connectivity index (χ4n) is 2.91. The number of nitrogens with zero attached hydrogens (tertiary/aromatic N) is 2. The number of carboxylic acid groups (broad SMARTS) is 1. The van der Waals surface area contributed by atoms with Crippen LogP contribution in [-0.4, -0.2) is 57.6 Å². The summed E-state index contributed by atoms with van der Waals surface area (Å²) in [7, 11) is 1.39. The van der Waals surface area contributed by atoms with Crippen molar-refractivity contribution in [1.82, 2.24) is 9.55 Å². The van der Waals surface area contributed by atoms with Crippen LogP contribution in [0.15, 0.2) is 16.9 Å². The zero-order valence-electron chi connectivity index (χ0n) is 16.3. The van der Waals surface area contributed by atoms with Crippen LogP contribution in [-0.2, 0) is 20.8 Å². The summed E-state index contributed by atoms with van der Waals surface area (Å²) in [5.74, 6) is -1.89. The Hall–Kier alpha value is -2.78. The average Bonchev–Trinajstić information content (AvgIpc) is 2.62. The van der Waals surface area contributed by atoms with Crippen molar-refractivity contribution in [3.63, 3.8) is 0 Å². The molecule has 152 valence electrons. The lowest BCUT2D eigenvalue weighted by Crippen LogP contribution is -2.38. The minimum atomic E-state index is -1.44. The first-order valence-electron chi connectivity index (χ1n) is 8.75. The van der Waals surface area contributed by atoms with Crippen molar-refractivity contribution in [2.45, 2.75) is 45.9 Å². The number of hydrogen-bond acceptors (Lipinski definition) is 7. The number of benzene rings is 1. The quantitative estimate of drug-likeness (QED) is 0.638. The minimum absolute atomic E-state index is 0.0512. The molecule has 1 aromatic heterocycles. The fraction of sp³-hybridized carbons (Fsp3) is 0.474. The smallest absolute Gasteiger partial charge is 0.360 e. The number of hydrogen-bond donors (Lipinski definition) is 2. The molecule has 9 nitrogen and oxygen atoms in total. The maximum Gasteiger partial charge on any atom is 0.360 e. The van der Waals surface area contributed by atoms with E-state index in [2.05, 4.69) is 4.98 Å². The Kier molecular flexibility index (Phi) is 6.87. The van der Waals surface area contributed by atoms with Gasteiger partial charge in [-0.05, 0) is 37.1 Å². The number of aliphatic hydroxyl groups is 1. The predicted molar refractivity (Wildman–Crippen MR) is 100 cm³/mol. The largest absolute Gasteiger partial charge is 0.476 e. The molecule has 9 heteroatoms. The lowest BCUT2D eigenvalue weighted by Gasteiger charge is -2.23. The van der Waals surface area contributed by atoms with Crippen molar-refractivity contribution in [3.8, 4) is 0 Å². The summed E-state index contributed by atoms with van der Waals surface area (Å²) in [6, 6.07) is 3.44. The van der Waals surface area contributed by atoms with E-state index in [1.54, 1.807) is 12.1 Å². The molecule has 0 saturated heterocycles. The van der Waals surface area contributed by atoms with Gasteiger partial charge in [0.25, 0.3) is 5.56 Å². The first-order chi connectivity index (χ1) is 13.1. The van der Waals surface area contributed by atoms with Crippen LogP contribution >= 0.6 is 0 Å². The summed E-state index contributed by atoms with van der Waals surface area (Å²) >= 11 is 0. The van der Waals surface area contributed by atoms with Crippen LogP contribution < -0.4 is 5.56 Å². The predicted octanol–water partition coefficient (Wildman–Crippen LogP) is 1.04. The normalized spacial score (nSPS) is 13.3. The summed E-state index contributed by atoms with van der Waals surface area (Å²) in [5, 5.41) is 19.9. The molecule has 0 unspecified atom stereocenters. The second-order valence-electron chi connectivity index (χ2n) is 6.58. The molecule has 2 rings (SSSR count). The molecule has 0 bridgehead atoms. The van der Waals surface area contributed by atoms with Crippen LogP contribution in [0.3, 0.4) is 0 Å². The number of aliphatic hydroxyl groups excluding tert-OH is 1. The molecule has 1 aromatic carbocycles. The highest BCUT2D eigenvalue weighted by Crippen LogP contribution is 2.18. The van der Waals surface area contributed by atoms with E-state index in [1.165, 1.54) is 18.6 Å². The molecule has 0 amide bonds. The van der Waals surface area contributed by atoms with Gasteiger partial charge in [0.15, 0.2) is 0 Å². The average molecular weight is 392 g/mol.